The summed E-state index contributed by atoms with van der Waals surface area (Å²) in [6, 6.07) is 0.145. The monoisotopic (exact) mass is 199 g/mol. The van der Waals surface area contributed by atoms with E-state index in [9.17, 15) is 13.2 Å². The van der Waals surface area contributed by atoms with Gasteiger partial charge in [0, 0.05) is 12.6 Å². The van der Waals surface area contributed by atoms with Crippen LogP contribution in [0.2, 0.25) is 0 Å². The lowest BCUT2D eigenvalue weighted by Gasteiger charge is -2.32. The van der Waals surface area contributed by atoms with Crippen molar-refractivity contribution in [3.8, 4) is 0 Å². The lowest BCUT2D eigenvalue weighted by atomic mass is 9.90. The highest BCUT2D eigenvalue weighted by Gasteiger charge is 2.29. The molecule has 1 saturated carbocycles. The molecule has 1 fully saturated rings. The van der Waals surface area contributed by atoms with Gasteiger partial charge in [0.05, 0.1) is 12.7 Å². The predicted molar refractivity (Wildman–Crippen MR) is 39.0 cm³/mol. The van der Waals surface area contributed by atoms with Gasteiger partial charge in [-0.25, -0.2) is 0 Å². The highest BCUT2D eigenvalue weighted by Crippen LogP contribution is 2.19. The Labute approximate surface area is 73.9 Å². The van der Waals surface area contributed by atoms with Crippen LogP contribution in [0.15, 0.2) is 0 Å². The molecule has 0 amide bonds. The van der Waals surface area contributed by atoms with E-state index in [2.05, 4.69) is 10.1 Å². The van der Waals surface area contributed by atoms with Gasteiger partial charge in [0.1, 0.15) is 0 Å². The molecule has 0 radical (unpaired) electrons. The predicted octanol–water partition coefficient (Wildman–Crippen LogP) is 0.636. The normalized spacial score (nSPS) is 28.6. The second-order valence-electron chi connectivity index (χ2n) is 3.07. The minimum atomic E-state index is -4.54. The van der Waals surface area contributed by atoms with Crippen molar-refractivity contribution in [2.45, 2.75) is 31.3 Å². The van der Waals surface area contributed by atoms with Gasteiger partial charge in [0.15, 0.2) is 0 Å². The Morgan fingerprint density at radius 2 is 2.00 bits per heavy atom. The molecule has 0 spiro atoms. The second-order valence-corrected chi connectivity index (χ2v) is 3.07. The maximum Gasteiger partial charge on any atom is 0.522 e. The van der Waals surface area contributed by atoms with Crippen molar-refractivity contribution < 1.29 is 23.0 Å². The number of hydrogen-bond donors (Lipinski definition) is 2. The van der Waals surface area contributed by atoms with E-state index >= 15 is 0 Å². The van der Waals surface area contributed by atoms with Crippen LogP contribution < -0.4 is 5.32 Å². The molecule has 0 atom stereocenters. The van der Waals surface area contributed by atoms with Crippen molar-refractivity contribution in [3.05, 3.63) is 0 Å². The van der Waals surface area contributed by atoms with Gasteiger partial charge in [-0.15, -0.1) is 13.2 Å². The third-order valence-electron chi connectivity index (χ3n) is 1.91. The number of hydrogen-bond acceptors (Lipinski definition) is 3. The molecule has 0 heterocycles. The summed E-state index contributed by atoms with van der Waals surface area (Å²) in [7, 11) is 0. The summed E-state index contributed by atoms with van der Waals surface area (Å²) in [5, 5.41) is 11.7. The molecular formula is C7H12F3NO2. The topological polar surface area (TPSA) is 41.5 Å². The fourth-order valence-electron chi connectivity index (χ4n) is 1.18. The van der Waals surface area contributed by atoms with Crippen LogP contribution in [0.3, 0.4) is 0 Å². The molecule has 78 valence electrons. The zero-order chi connectivity index (χ0) is 9.90. The maximum atomic E-state index is 11.4. The van der Waals surface area contributed by atoms with Crippen LogP contribution in [0.4, 0.5) is 13.2 Å². The molecular weight excluding hydrogens is 187 g/mol. The van der Waals surface area contributed by atoms with Crippen molar-refractivity contribution in [1.82, 2.24) is 5.32 Å². The first kappa shape index (κ1) is 10.7. The van der Waals surface area contributed by atoms with Gasteiger partial charge >= 0.3 is 6.36 Å². The Bertz CT molecular complexity index is 156. The smallest absolute Gasteiger partial charge is 0.393 e. The number of aliphatic hydroxyl groups is 1. The zero-order valence-corrected chi connectivity index (χ0v) is 6.97. The molecule has 1 rings (SSSR count). The van der Waals surface area contributed by atoms with E-state index in [4.69, 9.17) is 5.11 Å². The highest BCUT2D eigenvalue weighted by molar-refractivity contribution is 4.84. The summed E-state index contributed by atoms with van der Waals surface area (Å²) >= 11 is 0. The maximum absolute atomic E-state index is 11.4. The average molecular weight is 199 g/mol. The molecule has 0 aliphatic heterocycles. The van der Waals surface area contributed by atoms with Gasteiger partial charge in [-0.2, -0.15) is 0 Å². The van der Waals surface area contributed by atoms with Crippen molar-refractivity contribution in [3.63, 3.8) is 0 Å². The summed E-state index contributed by atoms with van der Waals surface area (Å²) in [6.07, 6.45) is -3.60. The van der Waals surface area contributed by atoms with Crippen LogP contribution in [-0.2, 0) is 4.74 Å². The Morgan fingerprint density at radius 1 is 1.38 bits per heavy atom. The van der Waals surface area contributed by atoms with E-state index in [1.54, 1.807) is 0 Å². The molecule has 0 unspecified atom stereocenters. The number of nitrogens with one attached hydrogen (secondary N) is 1. The average Bonchev–Trinajstić information content (AvgIpc) is 1.91. The number of aliphatic hydroxyl groups excluding tert-OH is 1. The van der Waals surface area contributed by atoms with Crippen molar-refractivity contribution in [2.75, 3.05) is 13.2 Å². The Balaban J connectivity index is 1.90. The minimum Gasteiger partial charge on any atom is -0.393 e. The lowest BCUT2D eigenvalue weighted by Crippen LogP contribution is -2.45. The van der Waals surface area contributed by atoms with Crippen molar-refractivity contribution >= 4 is 0 Å². The molecule has 13 heavy (non-hydrogen) atoms. The third kappa shape index (κ3) is 4.44. The zero-order valence-electron chi connectivity index (χ0n) is 6.97. The standard InChI is InChI=1S/C7H12F3NO2/c8-7(9,10)13-2-1-11-5-3-6(12)4-5/h5-6,11-12H,1-4H2. The van der Waals surface area contributed by atoms with Gasteiger partial charge in [-0.05, 0) is 12.8 Å². The van der Waals surface area contributed by atoms with Crippen LogP contribution in [-0.4, -0.2) is 36.8 Å². The van der Waals surface area contributed by atoms with Crippen LogP contribution in [0.1, 0.15) is 12.8 Å². The molecule has 0 bridgehead atoms. The van der Waals surface area contributed by atoms with E-state index in [0.29, 0.717) is 12.8 Å². The molecule has 0 aromatic heterocycles. The summed E-state index contributed by atoms with van der Waals surface area (Å²) in [5.74, 6) is 0. The van der Waals surface area contributed by atoms with E-state index in [1.165, 1.54) is 0 Å². The number of halogens is 3. The first-order valence-corrected chi connectivity index (χ1v) is 4.09. The van der Waals surface area contributed by atoms with Crippen molar-refractivity contribution in [1.29, 1.82) is 0 Å². The van der Waals surface area contributed by atoms with E-state index in [0.717, 1.165) is 0 Å². The van der Waals surface area contributed by atoms with Gasteiger partial charge in [0.25, 0.3) is 0 Å². The van der Waals surface area contributed by atoms with E-state index in [-0.39, 0.29) is 25.3 Å². The molecule has 1 aliphatic rings. The van der Waals surface area contributed by atoms with Crippen LogP contribution in [0.25, 0.3) is 0 Å². The highest BCUT2D eigenvalue weighted by atomic mass is 19.4. The lowest BCUT2D eigenvalue weighted by molar-refractivity contribution is -0.323. The first-order chi connectivity index (χ1) is 5.97. The first-order valence-electron chi connectivity index (χ1n) is 4.09. The van der Waals surface area contributed by atoms with E-state index < -0.39 is 6.36 Å². The largest absolute Gasteiger partial charge is 0.522 e. The van der Waals surface area contributed by atoms with Crippen molar-refractivity contribution in [2.24, 2.45) is 0 Å². The third-order valence-corrected chi connectivity index (χ3v) is 1.91. The van der Waals surface area contributed by atoms with E-state index in [1.807, 2.05) is 0 Å². The Morgan fingerprint density at radius 3 is 2.46 bits per heavy atom. The van der Waals surface area contributed by atoms with Crippen LogP contribution >= 0.6 is 0 Å². The molecule has 0 aromatic rings. The molecule has 3 nitrogen and oxygen atoms in total. The quantitative estimate of drug-likeness (QED) is 0.653. The van der Waals surface area contributed by atoms with Gasteiger partial charge in [0.2, 0.25) is 0 Å². The van der Waals surface area contributed by atoms with Gasteiger partial charge in [-0.3, -0.25) is 4.74 Å². The summed E-state index contributed by atoms with van der Waals surface area (Å²) < 4.78 is 37.9. The summed E-state index contributed by atoms with van der Waals surface area (Å²) in [4.78, 5) is 0. The number of ether oxygens (including phenoxy) is 1. The number of alkyl halides is 3. The molecule has 1 aliphatic carbocycles. The fourth-order valence-corrected chi connectivity index (χ4v) is 1.18. The Hall–Kier alpha value is -0.330. The molecule has 6 heteroatoms. The summed E-state index contributed by atoms with van der Waals surface area (Å²) in [5.41, 5.74) is 0. The molecule has 2 N–H and O–H groups in total. The van der Waals surface area contributed by atoms with Gasteiger partial charge in [-0.1, -0.05) is 0 Å². The number of rotatable bonds is 4. The van der Waals surface area contributed by atoms with Gasteiger partial charge < -0.3 is 10.4 Å². The van der Waals surface area contributed by atoms with Crippen LogP contribution in [0, 0.1) is 0 Å². The second kappa shape index (κ2) is 4.26. The fraction of sp³-hybridized carbons (Fsp3) is 1.00. The van der Waals surface area contributed by atoms with Crippen LogP contribution in [0.5, 0.6) is 0 Å². The Kier molecular flexibility index (Phi) is 3.52. The SMILES string of the molecule is OC1CC(NCCOC(F)(F)F)C1. The molecule has 0 aromatic carbocycles. The molecule has 0 saturated heterocycles. The summed E-state index contributed by atoms with van der Waals surface area (Å²) in [6.45, 7) is -0.215. The minimum absolute atomic E-state index is 0.145.